The highest BCUT2D eigenvalue weighted by molar-refractivity contribution is 6.30. The maximum atomic E-state index is 12.5. The fraction of sp³-hybridized carbons (Fsp3) is 0.364. The second-order valence-corrected chi connectivity index (χ2v) is 7.23. The van der Waals surface area contributed by atoms with Crippen LogP contribution in [-0.4, -0.2) is 43.4 Å². The molecule has 0 spiro atoms. The number of amides is 1. The van der Waals surface area contributed by atoms with E-state index in [-0.39, 0.29) is 12.0 Å². The molecule has 3 rings (SSSR count). The van der Waals surface area contributed by atoms with Gasteiger partial charge in [-0.1, -0.05) is 35.8 Å². The lowest BCUT2D eigenvalue weighted by atomic mass is 10.0. The first kappa shape index (κ1) is 21.0. The van der Waals surface area contributed by atoms with Crippen molar-refractivity contribution in [1.29, 1.82) is 0 Å². The zero-order valence-corrected chi connectivity index (χ0v) is 17.6. The maximum Gasteiger partial charge on any atom is 0.222 e. The summed E-state index contributed by atoms with van der Waals surface area (Å²) in [6.07, 6.45) is 0.836. The van der Waals surface area contributed by atoms with Gasteiger partial charge in [0, 0.05) is 30.0 Å². The Labute approximate surface area is 176 Å². The molecule has 154 valence electrons. The van der Waals surface area contributed by atoms with E-state index in [0.717, 1.165) is 16.8 Å². The second-order valence-electron chi connectivity index (χ2n) is 6.80. The molecule has 0 N–H and O–H groups in total. The number of rotatable bonds is 8. The minimum absolute atomic E-state index is 0.0631. The predicted octanol–water partition coefficient (Wildman–Crippen LogP) is 4.29. The Morgan fingerprint density at radius 3 is 2.69 bits per heavy atom. The molecule has 2 aromatic rings. The fourth-order valence-corrected chi connectivity index (χ4v) is 3.51. The summed E-state index contributed by atoms with van der Waals surface area (Å²) in [6, 6.07) is 13.2. The zero-order valence-electron chi connectivity index (χ0n) is 16.9. The summed E-state index contributed by atoms with van der Waals surface area (Å²) >= 11 is 6.08. The van der Waals surface area contributed by atoms with Crippen molar-refractivity contribution in [3.8, 4) is 11.5 Å². The number of halogens is 1. The molecule has 0 aromatic heterocycles. The molecular weight excluding hydrogens is 392 g/mol. The lowest BCUT2D eigenvalue weighted by Gasteiger charge is -2.24. The van der Waals surface area contributed by atoms with Crippen LogP contribution < -0.4 is 9.47 Å². The van der Waals surface area contributed by atoms with Crippen molar-refractivity contribution in [2.24, 2.45) is 5.16 Å². The molecular formula is C22H25ClN2O4. The minimum Gasteiger partial charge on any atom is -0.493 e. The van der Waals surface area contributed by atoms with Crippen molar-refractivity contribution in [1.82, 2.24) is 4.90 Å². The van der Waals surface area contributed by atoms with E-state index in [0.29, 0.717) is 42.5 Å². The van der Waals surface area contributed by atoms with Crippen LogP contribution in [0.4, 0.5) is 0 Å². The summed E-state index contributed by atoms with van der Waals surface area (Å²) in [5.41, 5.74) is 2.72. The lowest BCUT2D eigenvalue weighted by Crippen LogP contribution is -2.36. The molecule has 1 aliphatic rings. The minimum atomic E-state index is -0.201. The Morgan fingerprint density at radius 1 is 1.21 bits per heavy atom. The van der Waals surface area contributed by atoms with Crippen LogP contribution in [-0.2, 0) is 16.2 Å². The molecule has 2 aromatic carbocycles. The summed E-state index contributed by atoms with van der Waals surface area (Å²) in [4.78, 5) is 19.9. The number of oxime groups is 1. The molecule has 7 heteroatoms. The van der Waals surface area contributed by atoms with E-state index in [1.807, 2.05) is 49.4 Å². The zero-order chi connectivity index (χ0) is 20.8. The molecule has 6 nitrogen and oxygen atoms in total. The van der Waals surface area contributed by atoms with E-state index in [1.54, 1.807) is 19.1 Å². The average molecular weight is 417 g/mol. The molecule has 0 radical (unpaired) electrons. The third-order valence-corrected chi connectivity index (χ3v) is 5.03. The Kier molecular flexibility index (Phi) is 6.99. The number of hydrogen-bond donors (Lipinski definition) is 0. The van der Waals surface area contributed by atoms with Gasteiger partial charge in [-0.05, 0) is 35.9 Å². The van der Waals surface area contributed by atoms with Gasteiger partial charge in [0.05, 0.1) is 26.5 Å². The van der Waals surface area contributed by atoms with Gasteiger partial charge in [-0.2, -0.15) is 0 Å². The first-order valence-electron chi connectivity index (χ1n) is 9.51. The average Bonchev–Trinajstić information content (AvgIpc) is 3.20. The number of carbonyl (C=O) groups is 1. The van der Waals surface area contributed by atoms with Crippen molar-refractivity contribution in [3.63, 3.8) is 0 Å². The highest BCUT2D eigenvalue weighted by atomic mass is 35.5. The van der Waals surface area contributed by atoms with E-state index in [4.69, 9.17) is 25.9 Å². The number of nitrogens with zero attached hydrogens (tertiary/aromatic N) is 2. The highest BCUT2D eigenvalue weighted by Gasteiger charge is 2.27. The summed E-state index contributed by atoms with van der Waals surface area (Å²) in [7, 11) is 3.20. The summed E-state index contributed by atoms with van der Waals surface area (Å²) in [5.74, 6) is 1.36. The maximum absolute atomic E-state index is 12.5. The predicted molar refractivity (Wildman–Crippen MR) is 113 cm³/mol. The van der Waals surface area contributed by atoms with Crippen molar-refractivity contribution >= 4 is 23.2 Å². The van der Waals surface area contributed by atoms with Crippen LogP contribution >= 0.6 is 11.6 Å². The van der Waals surface area contributed by atoms with Gasteiger partial charge in [-0.25, -0.2) is 0 Å². The summed E-state index contributed by atoms with van der Waals surface area (Å²) in [5, 5.41) is 4.89. The summed E-state index contributed by atoms with van der Waals surface area (Å²) < 4.78 is 10.6. The number of ether oxygens (including phenoxy) is 2. The highest BCUT2D eigenvalue weighted by Crippen LogP contribution is 2.29. The Morgan fingerprint density at radius 2 is 2.00 bits per heavy atom. The number of hydrogen-bond acceptors (Lipinski definition) is 5. The topological polar surface area (TPSA) is 60.4 Å². The lowest BCUT2D eigenvalue weighted by molar-refractivity contribution is -0.133. The van der Waals surface area contributed by atoms with E-state index < -0.39 is 0 Å². The molecule has 1 atom stereocenters. The molecule has 1 aliphatic heterocycles. The van der Waals surface area contributed by atoms with Crippen LogP contribution in [0, 0.1) is 0 Å². The molecule has 1 heterocycles. The van der Waals surface area contributed by atoms with Crippen LogP contribution in [0.2, 0.25) is 5.02 Å². The van der Waals surface area contributed by atoms with Gasteiger partial charge < -0.3 is 19.2 Å². The van der Waals surface area contributed by atoms with Crippen LogP contribution in [0.15, 0.2) is 47.6 Å². The number of carbonyl (C=O) groups excluding carboxylic acids is 1. The monoisotopic (exact) mass is 416 g/mol. The molecule has 0 unspecified atom stereocenters. The van der Waals surface area contributed by atoms with Gasteiger partial charge in [0.1, 0.15) is 0 Å². The smallest absolute Gasteiger partial charge is 0.222 e. The molecule has 1 amide bonds. The van der Waals surface area contributed by atoms with E-state index in [1.165, 1.54) is 0 Å². The third kappa shape index (κ3) is 5.21. The largest absolute Gasteiger partial charge is 0.493 e. The first-order valence-corrected chi connectivity index (χ1v) is 9.89. The van der Waals surface area contributed by atoms with Gasteiger partial charge in [-0.15, -0.1) is 0 Å². The van der Waals surface area contributed by atoms with Gasteiger partial charge in [-0.3, -0.25) is 4.79 Å². The first-order chi connectivity index (χ1) is 14.0. The molecule has 0 bridgehead atoms. The Hall–Kier alpha value is -2.73. The van der Waals surface area contributed by atoms with E-state index in [2.05, 4.69) is 5.16 Å². The van der Waals surface area contributed by atoms with Crippen LogP contribution in [0.1, 0.15) is 30.9 Å². The van der Waals surface area contributed by atoms with Gasteiger partial charge >= 0.3 is 0 Å². The molecule has 0 saturated carbocycles. The SMILES string of the molecule is CCC(=O)N(Cc1cccc(Cl)c1)C[C@@H]1CC(c2ccc(OC)c(OC)c2)=NO1. The van der Waals surface area contributed by atoms with E-state index >= 15 is 0 Å². The number of benzene rings is 2. The molecule has 0 aliphatic carbocycles. The van der Waals surface area contributed by atoms with Crippen molar-refractivity contribution in [3.05, 3.63) is 58.6 Å². The Bertz CT molecular complexity index is 900. The van der Waals surface area contributed by atoms with Crippen molar-refractivity contribution in [2.45, 2.75) is 32.4 Å². The third-order valence-electron chi connectivity index (χ3n) is 4.79. The normalized spacial score (nSPS) is 15.4. The molecule has 0 fully saturated rings. The van der Waals surface area contributed by atoms with Crippen LogP contribution in [0.3, 0.4) is 0 Å². The van der Waals surface area contributed by atoms with Gasteiger partial charge in [0.2, 0.25) is 5.91 Å². The molecule has 0 saturated heterocycles. The van der Waals surface area contributed by atoms with Crippen molar-refractivity contribution in [2.75, 3.05) is 20.8 Å². The second kappa shape index (κ2) is 9.65. The molecule has 29 heavy (non-hydrogen) atoms. The van der Waals surface area contributed by atoms with Gasteiger partial charge in [0.25, 0.3) is 0 Å². The van der Waals surface area contributed by atoms with Crippen LogP contribution in [0.5, 0.6) is 11.5 Å². The standard InChI is InChI=1S/C22H25ClN2O4/c1-4-22(26)25(13-15-6-5-7-17(23)10-15)14-18-12-19(24-29-18)16-8-9-20(27-2)21(11-16)28-3/h5-11,18H,4,12-14H2,1-3H3/t18-/m0/s1. The van der Waals surface area contributed by atoms with Crippen molar-refractivity contribution < 1.29 is 19.1 Å². The van der Waals surface area contributed by atoms with E-state index in [9.17, 15) is 4.79 Å². The van der Waals surface area contributed by atoms with Crippen LogP contribution in [0.25, 0.3) is 0 Å². The Balaban J connectivity index is 1.68. The summed E-state index contributed by atoms with van der Waals surface area (Å²) in [6.45, 7) is 2.80. The number of methoxy groups -OCH3 is 2. The fourth-order valence-electron chi connectivity index (χ4n) is 3.29. The quantitative estimate of drug-likeness (QED) is 0.644. The van der Waals surface area contributed by atoms with Gasteiger partial charge in [0.15, 0.2) is 17.6 Å².